The molecule has 0 amide bonds. The van der Waals surface area contributed by atoms with Crippen LogP contribution in [0.1, 0.15) is 57.0 Å². The van der Waals surface area contributed by atoms with Crippen LogP contribution in [0.25, 0.3) is 22.3 Å². The number of aromatic nitrogens is 8. The summed E-state index contributed by atoms with van der Waals surface area (Å²) in [7, 11) is 0. The second-order valence-corrected chi connectivity index (χ2v) is 14.3. The van der Waals surface area contributed by atoms with Gasteiger partial charge in [0.05, 0.1) is 25.9 Å². The van der Waals surface area contributed by atoms with Gasteiger partial charge in [-0.3, -0.25) is 9.13 Å². The SMILES string of the molecule is CC[C@]12O[C@@H](n3cnc4c(N)ncnc43)[C@@H](OC13CC3)C2OCc1ccccc1.Nc1ncnc2c1ncn2[C@@H]1O[C@]2(CO)C(O)[C@@H]1OC21CC1. The first-order valence-corrected chi connectivity index (χ1v) is 17.3. The molecule has 4 aromatic heterocycles. The number of nitrogens with two attached hydrogens (primary N) is 2. The van der Waals surface area contributed by atoms with Crippen LogP contribution in [-0.4, -0.2) is 103 Å². The molecule has 8 heterocycles. The number of benzene rings is 1. The zero-order chi connectivity index (χ0) is 34.8. The van der Waals surface area contributed by atoms with E-state index in [0.29, 0.717) is 34.8 Å². The van der Waals surface area contributed by atoms with E-state index in [1.54, 1.807) is 17.2 Å². The molecule has 2 spiro atoms. The number of ether oxygens (including phenoxy) is 5. The highest BCUT2D eigenvalue weighted by atomic mass is 16.7. The Morgan fingerprint density at radius 3 is 1.88 bits per heavy atom. The highest BCUT2D eigenvalue weighted by Crippen LogP contribution is 2.67. The van der Waals surface area contributed by atoms with Crippen molar-refractivity contribution >= 4 is 34.0 Å². The fourth-order valence-corrected chi connectivity index (χ4v) is 8.97. The van der Waals surface area contributed by atoms with E-state index in [2.05, 4.69) is 49.0 Å². The van der Waals surface area contributed by atoms with Gasteiger partial charge < -0.3 is 45.4 Å². The number of anilines is 2. The van der Waals surface area contributed by atoms with Crippen molar-refractivity contribution in [3.63, 3.8) is 0 Å². The molecule has 4 saturated heterocycles. The number of aliphatic hydroxyl groups is 2. The van der Waals surface area contributed by atoms with Crippen LogP contribution in [0, 0.1) is 0 Å². The van der Waals surface area contributed by atoms with Crippen LogP contribution in [-0.2, 0) is 30.3 Å². The van der Waals surface area contributed by atoms with Gasteiger partial charge in [-0.1, -0.05) is 37.3 Å². The molecular formula is C34H38N10O7. The normalized spacial score (nSPS) is 34.5. The van der Waals surface area contributed by atoms with E-state index in [-0.39, 0.29) is 36.5 Å². The fourth-order valence-electron chi connectivity index (χ4n) is 8.97. The van der Waals surface area contributed by atoms with Crippen molar-refractivity contribution in [2.24, 2.45) is 0 Å². The van der Waals surface area contributed by atoms with E-state index >= 15 is 0 Å². The first kappa shape index (κ1) is 31.4. The molecule has 2 unspecified atom stereocenters. The molecule has 5 aromatic rings. The quantitative estimate of drug-likeness (QED) is 0.189. The van der Waals surface area contributed by atoms with E-state index in [9.17, 15) is 10.2 Å². The van der Waals surface area contributed by atoms with Crippen LogP contribution in [0.5, 0.6) is 0 Å². The number of aliphatic hydroxyl groups excluding tert-OH is 2. The molecule has 17 nitrogen and oxygen atoms in total. The third kappa shape index (κ3) is 4.15. The van der Waals surface area contributed by atoms with Crippen molar-refractivity contribution in [2.45, 2.75) is 105 Å². The predicted octanol–water partition coefficient (Wildman–Crippen LogP) is 1.56. The van der Waals surface area contributed by atoms with Crippen LogP contribution in [0.4, 0.5) is 11.6 Å². The molecule has 6 N–H and O–H groups in total. The van der Waals surface area contributed by atoms with Crippen molar-refractivity contribution in [1.29, 1.82) is 0 Å². The standard InChI is InChI=1S/C21H23N5O3.C13H15N5O4/c1-2-21-16(27-10-13-6-4-3-5-7-13)15(28-20(21)8-9-20)19(29-21)26-12-25-14-17(22)23-11-24-18(14)26;14-9-6-10(16-4-15-9)18(5-17-6)11-7-8(20)13(3-19,22-11)12(21-7)1-2-12/h3-7,11-12,15-16,19H,2,8-10H2,1H3,(H2,22,23,24);4-5,7-8,11,19-20H,1-3H2,(H2,14,15,16)/t15-,16?,19+,21+;7-,8?,11+,13+/m00/s1. The van der Waals surface area contributed by atoms with Gasteiger partial charge in [-0.05, 0) is 37.7 Å². The number of nitrogens with zero attached hydrogens (tertiary/aromatic N) is 8. The summed E-state index contributed by atoms with van der Waals surface area (Å²) in [5, 5.41) is 20.4. The van der Waals surface area contributed by atoms with Crippen molar-refractivity contribution in [1.82, 2.24) is 39.0 Å². The van der Waals surface area contributed by atoms with Gasteiger partial charge in [0, 0.05) is 0 Å². The van der Waals surface area contributed by atoms with E-state index in [1.165, 1.54) is 12.7 Å². The van der Waals surface area contributed by atoms with E-state index < -0.39 is 35.2 Å². The average molecular weight is 699 g/mol. The number of hydrogen-bond acceptors (Lipinski definition) is 15. The van der Waals surface area contributed by atoms with Crippen LogP contribution < -0.4 is 11.5 Å². The Morgan fingerprint density at radius 2 is 1.31 bits per heavy atom. The van der Waals surface area contributed by atoms with E-state index in [0.717, 1.165) is 37.7 Å². The minimum atomic E-state index is -1.07. The zero-order valence-corrected chi connectivity index (χ0v) is 27.8. The lowest BCUT2D eigenvalue weighted by atomic mass is 9.87. The summed E-state index contributed by atoms with van der Waals surface area (Å²) >= 11 is 0. The third-order valence-corrected chi connectivity index (χ3v) is 11.8. The highest BCUT2D eigenvalue weighted by molar-refractivity contribution is 5.81. The van der Waals surface area contributed by atoms with Crippen molar-refractivity contribution in [3.05, 3.63) is 61.2 Å². The number of hydrogen-bond donors (Lipinski definition) is 4. The van der Waals surface area contributed by atoms with Gasteiger partial charge in [0.25, 0.3) is 0 Å². The molecule has 2 saturated carbocycles. The first-order chi connectivity index (χ1) is 24.8. The molecule has 51 heavy (non-hydrogen) atoms. The summed E-state index contributed by atoms with van der Waals surface area (Å²) in [6, 6.07) is 10.2. The third-order valence-electron chi connectivity index (χ3n) is 11.8. The molecule has 4 bridgehead atoms. The van der Waals surface area contributed by atoms with Crippen molar-refractivity contribution in [3.8, 4) is 0 Å². The summed E-state index contributed by atoms with van der Waals surface area (Å²) in [5.74, 6) is 0.641. The van der Waals surface area contributed by atoms with Gasteiger partial charge in [-0.2, -0.15) is 0 Å². The maximum atomic E-state index is 10.5. The number of imidazole rings is 2. The maximum Gasteiger partial charge on any atom is 0.167 e. The second-order valence-electron chi connectivity index (χ2n) is 14.3. The zero-order valence-electron chi connectivity index (χ0n) is 27.8. The van der Waals surface area contributed by atoms with Crippen LogP contribution in [0.3, 0.4) is 0 Å². The van der Waals surface area contributed by atoms with E-state index in [1.807, 2.05) is 22.8 Å². The Bertz CT molecular complexity index is 2140. The highest BCUT2D eigenvalue weighted by Gasteiger charge is 2.79. The number of rotatable bonds is 7. The summed E-state index contributed by atoms with van der Waals surface area (Å²) < 4.78 is 35.5. The Balaban J connectivity index is 0.000000133. The molecule has 6 aliphatic rings. The second kappa shape index (κ2) is 10.8. The number of fused-ring (bicyclic) bond motifs is 8. The molecule has 4 aliphatic heterocycles. The molecule has 1 aromatic carbocycles. The van der Waals surface area contributed by atoms with Gasteiger partial charge in [-0.25, -0.2) is 29.9 Å². The summed E-state index contributed by atoms with van der Waals surface area (Å²) in [4.78, 5) is 25.1. The lowest BCUT2D eigenvalue weighted by molar-refractivity contribution is -0.233. The minimum Gasteiger partial charge on any atom is -0.393 e. The molecular weight excluding hydrogens is 660 g/mol. The monoisotopic (exact) mass is 698 g/mol. The molecule has 0 radical (unpaired) electrons. The van der Waals surface area contributed by atoms with Crippen molar-refractivity contribution < 1.29 is 33.9 Å². The first-order valence-electron chi connectivity index (χ1n) is 17.3. The summed E-state index contributed by atoms with van der Waals surface area (Å²) in [6.45, 7) is 2.39. The van der Waals surface area contributed by atoms with Crippen LogP contribution in [0.2, 0.25) is 0 Å². The lowest BCUT2D eigenvalue weighted by Gasteiger charge is -2.38. The van der Waals surface area contributed by atoms with Gasteiger partial charge in [-0.15, -0.1) is 0 Å². The lowest BCUT2D eigenvalue weighted by Crippen LogP contribution is -2.52. The molecule has 2 aliphatic carbocycles. The van der Waals surface area contributed by atoms with Crippen LogP contribution >= 0.6 is 0 Å². The molecule has 8 atom stereocenters. The average Bonchev–Trinajstić information content (AvgIpc) is 3.79. The summed E-state index contributed by atoms with van der Waals surface area (Å²) in [5.41, 5.74) is 12.8. The van der Waals surface area contributed by atoms with Gasteiger partial charge >= 0.3 is 0 Å². The summed E-state index contributed by atoms with van der Waals surface area (Å²) in [6.07, 6.45) is 7.67. The smallest absolute Gasteiger partial charge is 0.167 e. The number of nitrogen functional groups attached to an aromatic ring is 2. The predicted molar refractivity (Wildman–Crippen MR) is 177 cm³/mol. The Morgan fingerprint density at radius 1 is 0.765 bits per heavy atom. The van der Waals surface area contributed by atoms with E-state index in [4.69, 9.17) is 35.2 Å². The molecule has 17 heteroatoms. The minimum absolute atomic E-state index is 0.156. The molecule has 266 valence electrons. The largest absolute Gasteiger partial charge is 0.393 e. The Kier molecular flexibility index (Phi) is 6.66. The van der Waals surface area contributed by atoms with Gasteiger partial charge in [0.2, 0.25) is 0 Å². The Labute approximate surface area is 290 Å². The van der Waals surface area contributed by atoms with Gasteiger partial charge in [0.15, 0.2) is 41.0 Å². The van der Waals surface area contributed by atoms with Gasteiger partial charge in [0.1, 0.15) is 64.9 Å². The molecule has 6 fully saturated rings. The topological polar surface area (TPSA) is 226 Å². The fraction of sp³-hybridized carbons (Fsp3) is 0.529. The van der Waals surface area contributed by atoms with Crippen LogP contribution in [0.15, 0.2) is 55.6 Å². The molecule has 11 rings (SSSR count). The van der Waals surface area contributed by atoms with Crippen molar-refractivity contribution in [2.75, 3.05) is 18.1 Å². The Hall–Kier alpha value is -4.36. The maximum absolute atomic E-state index is 10.5.